The molecule has 0 saturated carbocycles. The average molecular weight is 280 g/mol. The van der Waals surface area contributed by atoms with Crippen molar-refractivity contribution in [1.29, 1.82) is 0 Å². The van der Waals surface area contributed by atoms with Crippen LogP contribution in [0, 0.1) is 0 Å². The SMILES string of the molecule is CCNC(=S)Nc1ccc(OC[C@@H]2CCCO2)cc1. The van der Waals surface area contributed by atoms with E-state index in [2.05, 4.69) is 10.6 Å². The van der Waals surface area contributed by atoms with Crippen molar-refractivity contribution in [1.82, 2.24) is 5.32 Å². The number of thiocarbonyl (C=S) groups is 1. The minimum absolute atomic E-state index is 0.249. The molecule has 1 aliphatic rings. The molecule has 0 bridgehead atoms. The molecule has 104 valence electrons. The van der Waals surface area contributed by atoms with Gasteiger partial charge in [-0.3, -0.25) is 0 Å². The van der Waals surface area contributed by atoms with Crippen LogP contribution in [0.15, 0.2) is 24.3 Å². The van der Waals surface area contributed by atoms with Crippen molar-refractivity contribution in [2.24, 2.45) is 0 Å². The Morgan fingerprint density at radius 2 is 2.21 bits per heavy atom. The molecule has 5 heteroatoms. The summed E-state index contributed by atoms with van der Waals surface area (Å²) in [5, 5.41) is 6.79. The Morgan fingerprint density at radius 1 is 1.42 bits per heavy atom. The number of anilines is 1. The molecule has 1 atom stereocenters. The van der Waals surface area contributed by atoms with Gasteiger partial charge in [0.05, 0.1) is 6.10 Å². The van der Waals surface area contributed by atoms with E-state index < -0.39 is 0 Å². The van der Waals surface area contributed by atoms with Gasteiger partial charge in [-0.15, -0.1) is 0 Å². The van der Waals surface area contributed by atoms with E-state index in [1.165, 1.54) is 0 Å². The molecule has 1 saturated heterocycles. The van der Waals surface area contributed by atoms with E-state index in [0.717, 1.165) is 37.4 Å². The topological polar surface area (TPSA) is 42.5 Å². The highest BCUT2D eigenvalue weighted by Gasteiger charge is 2.15. The van der Waals surface area contributed by atoms with E-state index in [0.29, 0.717) is 11.7 Å². The highest BCUT2D eigenvalue weighted by atomic mass is 32.1. The maximum Gasteiger partial charge on any atom is 0.170 e. The number of benzene rings is 1. The third-order valence-electron chi connectivity index (χ3n) is 2.91. The molecule has 1 fully saturated rings. The summed E-state index contributed by atoms with van der Waals surface area (Å²) in [5.74, 6) is 0.857. The van der Waals surface area contributed by atoms with Crippen LogP contribution >= 0.6 is 12.2 Å². The Hall–Kier alpha value is -1.33. The molecule has 1 heterocycles. The lowest BCUT2D eigenvalue weighted by molar-refractivity contribution is 0.0679. The Labute approximate surface area is 119 Å². The predicted molar refractivity (Wildman–Crippen MR) is 80.8 cm³/mol. The van der Waals surface area contributed by atoms with Crippen LogP contribution in [0.2, 0.25) is 0 Å². The maximum absolute atomic E-state index is 5.70. The normalized spacial score (nSPS) is 18.1. The summed E-state index contributed by atoms with van der Waals surface area (Å²) in [6.07, 6.45) is 2.48. The van der Waals surface area contributed by atoms with Crippen molar-refractivity contribution in [3.8, 4) is 5.75 Å². The first-order valence-electron chi connectivity index (χ1n) is 6.67. The molecular weight excluding hydrogens is 260 g/mol. The molecule has 0 aliphatic carbocycles. The van der Waals surface area contributed by atoms with Gasteiger partial charge in [0, 0.05) is 18.8 Å². The van der Waals surface area contributed by atoms with Crippen molar-refractivity contribution < 1.29 is 9.47 Å². The summed E-state index contributed by atoms with van der Waals surface area (Å²) < 4.78 is 11.2. The first kappa shape index (κ1) is 14.1. The minimum Gasteiger partial charge on any atom is -0.491 e. The molecule has 2 rings (SSSR count). The monoisotopic (exact) mass is 280 g/mol. The van der Waals surface area contributed by atoms with Crippen LogP contribution in [0.1, 0.15) is 19.8 Å². The van der Waals surface area contributed by atoms with E-state index >= 15 is 0 Å². The number of ether oxygens (including phenoxy) is 2. The van der Waals surface area contributed by atoms with E-state index in [1.54, 1.807) is 0 Å². The Bertz CT molecular complexity index is 402. The zero-order chi connectivity index (χ0) is 13.5. The van der Waals surface area contributed by atoms with Crippen molar-refractivity contribution in [2.75, 3.05) is 25.1 Å². The molecule has 1 aromatic rings. The van der Waals surface area contributed by atoms with E-state index in [1.807, 2.05) is 31.2 Å². The van der Waals surface area contributed by atoms with E-state index in [-0.39, 0.29) is 6.10 Å². The quantitative estimate of drug-likeness (QED) is 0.811. The van der Waals surface area contributed by atoms with Gasteiger partial charge in [-0.05, 0) is 56.2 Å². The second-order valence-corrected chi connectivity index (χ2v) is 4.86. The van der Waals surface area contributed by atoms with Crippen LogP contribution in [0.4, 0.5) is 5.69 Å². The highest BCUT2D eigenvalue weighted by molar-refractivity contribution is 7.80. The number of nitrogens with one attached hydrogen (secondary N) is 2. The Balaban J connectivity index is 1.78. The van der Waals surface area contributed by atoms with Crippen molar-refractivity contribution in [2.45, 2.75) is 25.9 Å². The molecule has 19 heavy (non-hydrogen) atoms. The fourth-order valence-electron chi connectivity index (χ4n) is 1.94. The van der Waals surface area contributed by atoms with Gasteiger partial charge in [0.1, 0.15) is 12.4 Å². The summed E-state index contributed by atoms with van der Waals surface area (Å²) in [4.78, 5) is 0. The number of rotatable bonds is 5. The molecule has 1 aliphatic heterocycles. The van der Waals surface area contributed by atoms with Gasteiger partial charge in [-0.25, -0.2) is 0 Å². The first-order valence-corrected chi connectivity index (χ1v) is 7.08. The molecule has 2 N–H and O–H groups in total. The lowest BCUT2D eigenvalue weighted by Crippen LogP contribution is -2.27. The zero-order valence-corrected chi connectivity index (χ0v) is 12.0. The molecule has 0 spiro atoms. The van der Waals surface area contributed by atoms with Gasteiger partial charge < -0.3 is 20.1 Å². The molecular formula is C14H20N2O2S. The summed E-state index contributed by atoms with van der Waals surface area (Å²) in [5.41, 5.74) is 0.954. The summed E-state index contributed by atoms with van der Waals surface area (Å²) in [7, 11) is 0. The van der Waals surface area contributed by atoms with Crippen LogP contribution in [0.3, 0.4) is 0 Å². The van der Waals surface area contributed by atoms with Crippen LogP contribution in [-0.4, -0.2) is 31.0 Å². The lowest BCUT2D eigenvalue weighted by Gasteiger charge is -2.12. The largest absolute Gasteiger partial charge is 0.491 e. The van der Waals surface area contributed by atoms with Gasteiger partial charge in [-0.1, -0.05) is 0 Å². The summed E-state index contributed by atoms with van der Waals surface area (Å²) in [6.45, 7) is 4.31. The van der Waals surface area contributed by atoms with Crippen LogP contribution in [0.5, 0.6) is 5.75 Å². The van der Waals surface area contributed by atoms with Gasteiger partial charge in [0.15, 0.2) is 5.11 Å². The molecule has 0 amide bonds. The Kier molecular flexibility index (Phi) is 5.42. The number of hydrogen-bond donors (Lipinski definition) is 2. The fourth-order valence-corrected chi connectivity index (χ4v) is 2.20. The summed E-state index contributed by atoms with van der Waals surface area (Å²) >= 11 is 5.12. The van der Waals surface area contributed by atoms with Crippen LogP contribution < -0.4 is 15.4 Å². The predicted octanol–water partition coefficient (Wildman–Crippen LogP) is 2.55. The molecule has 1 aromatic carbocycles. The number of hydrogen-bond acceptors (Lipinski definition) is 3. The third kappa shape index (κ3) is 4.69. The highest BCUT2D eigenvalue weighted by Crippen LogP contribution is 2.18. The van der Waals surface area contributed by atoms with Crippen molar-refractivity contribution in [3.63, 3.8) is 0 Å². The molecule has 0 unspecified atom stereocenters. The smallest absolute Gasteiger partial charge is 0.170 e. The molecule has 4 nitrogen and oxygen atoms in total. The maximum atomic E-state index is 5.70. The van der Waals surface area contributed by atoms with E-state index in [9.17, 15) is 0 Å². The minimum atomic E-state index is 0.249. The molecule has 0 aromatic heterocycles. The fraction of sp³-hybridized carbons (Fsp3) is 0.500. The summed E-state index contributed by atoms with van der Waals surface area (Å²) in [6, 6.07) is 7.78. The van der Waals surface area contributed by atoms with Crippen LogP contribution in [0.25, 0.3) is 0 Å². The standard InChI is InChI=1S/C14H20N2O2S/c1-2-15-14(19)16-11-5-7-12(8-6-11)18-10-13-4-3-9-17-13/h5-8,13H,2-4,9-10H2,1H3,(H2,15,16,19)/t13-/m0/s1. The first-order chi connectivity index (χ1) is 9.28. The zero-order valence-electron chi connectivity index (χ0n) is 11.1. The second kappa shape index (κ2) is 7.31. The van der Waals surface area contributed by atoms with Crippen molar-refractivity contribution in [3.05, 3.63) is 24.3 Å². The van der Waals surface area contributed by atoms with Gasteiger partial charge in [-0.2, -0.15) is 0 Å². The second-order valence-electron chi connectivity index (χ2n) is 4.45. The third-order valence-corrected chi connectivity index (χ3v) is 3.16. The van der Waals surface area contributed by atoms with Gasteiger partial charge in [0.25, 0.3) is 0 Å². The lowest BCUT2D eigenvalue weighted by atomic mass is 10.2. The van der Waals surface area contributed by atoms with E-state index in [4.69, 9.17) is 21.7 Å². The Morgan fingerprint density at radius 3 is 2.84 bits per heavy atom. The molecule has 0 radical (unpaired) electrons. The van der Waals surface area contributed by atoms with Gasteiger partial charge in [0.2, 0.25) is 0 Å². The van der Waals surface area contributed by atoms with Gasteiger partial charge >= 0.3 is 0 Å². The van der Waals surface area contributed by atoms with Crippen molar-refractivity contribution >= 4 is 23.0 Å². The van der Waals surface area contributed by atoms with Crippen LogP contribution in [-0.2, 0) is 4.74 Å². The average Bonchev–Trinajstić information content (AvgIpc) is 2.91.